The Morgan fingerprint density at radius 2 is 2.00 bits per heavy atom. The van der Waals surface area contributed by atoms with E-state index in [2.05, 4.69) is 46.7 Å². The van der Waals surface area contributed by atoms with Crippen molar-refractivity contribution >= 4 is 6.03 Å². The Balaban J connectivity index is 1.47. The highest BCUT2D eigenvalue weighted by Crippen LogP contribution is 2.29. The molecule has 2 aliphatic rings. The maximum Gasteiger partial charge on any atom is 0.315 e. The average Bonchev–Trinajstić information content (AvgIpc) is 3.07. The summed E-state index contributed by atoms with van der Waals surface area (Å²) in [6.45, 7) is 4.23. The van der Waals surface area contributed by atoms with E-state index in [1.54, 1.807) is 0 Å². The number of hydrogen-bond donors (Lipinski definition) is 3. The first-order chi connectivity index (χ1) is 12.1. The monoisotopic (exact) mass is 345 g/mol. The van der Waals surface area contributed by atoms with Crippen molar-refractivity contribution in [3.05, 3.63) is 35.9 Å². The number of nitrogens with one attached hydrogen (secondary N) is 2. The Morgan fingerprint density at radius 3 is 2.64 bits per heavy atom. The van der Waals surface area contributed by atoms with E-state index >= 15 is 0 Å². The molecule has 2 atom stereocenters. The first-order valence-corrected chi connectivity index (χ1v) is 9.58. The number of rotatable bonds is 5. The molecule has 1 heterocycles. The molecule has 0 aromatic heterocycles. The number of benzene rings is 1. The first-order valence-electron chi connectivity index (χ1n) is 9.58. The van der Waals surface area contributed by atoms with Crippen molar-refractivity contribution in [2.45, 2.75) is 69.6 Å². The third-order valence-electron chi connectivity index (χ3n) is 5.82. The lowest BCUT2D eigenvalue weighted by molar-refractivity contribution is 0.126. The van der Waals surface area contributed by atoms with Gasteiger partial charge in [-0.1, -0.05) is 43.2 Å². The molecule has 2 unspecified atom stereocenters. The molecule has 138 valence electrons. The van der Waals surface area contributed by atoms with Crippen LogP contribution in [0.25, 0.3) is 0 Å². The number of carbonyl (C=O) groups is 1. The second-order valence-corrected chi connectivity index (χ2v) is 7.77. The van der Waals surface area contributed by atoms with Crippen molar-refractivity contribution in [2.24, 2.45) is 0 Å². The SMILES string of the molecule is CC1CC(NC(=O)NC2(CO)CCCC2)CCN1Cc1ccccc1. The second kappa shape index (κ2) is 8.19. The highest BCUT2D eigenvalue weighted by atomic mass is 16.3. The standard InChI is InChI=1S/C20H31N3O2/c1-16-13-18(9-12-23(16)14-17-7-3-2-4-8-17)21-19(25)22-20(15-24)10-5-6-11-20/h2-4,7-8,16,18,24H,5-6,9-15H2,1H3,(H2,21,22,25). The molecular formula is C20H31N3O2. The molecule has 1 aliphatic carbocycles. The predicted molar refractivity (Wildman–Crippen MR) is 99.3 cm³/mol. The molecule has 25 heavy (non-hydrogen) atoms. The molecule has 0 spiro atoms. The van der Waals surface area contributed by atoms with E-state index in [1.165, 1.54) is 5.56 Å². The van der Waals surface area contributed by atoms with Gasteiger partial charge >= 0.3 is 6.03 Å². The van der Waals surface area contributed by atoms with Gasteiger partial charge in [-0.05, 0) is 38.2 Å². The van der Waals surface area contributed by atoms with E-state index in [-0.39, 0.29) is 18.7 Å². The van der Waals surface area contributed by atoms with Crippen LogP contribution in [-0.2, 0) is 6.54 Å². The first kappa shape index (κ1) is 18.2. The van der Waals surface area contributed by atoms with E-state index in [0.29, 0.717) is 6.04 Å². The van der Waals surface area contributed by atoms with Gasteiger partial charge in [-0.25, -0.2) is 4.79 Å². The van der Waals surface area contributed by atoms with Gasteiger partial charge in [-0.2, -0.15) is 0 Å². The maximum atomic E-state index is 12.4. The largest absolute Gasteiger partial charge is 0.394 e. The summed E-state index contributed by atoms with van der Waals surface area (Å²) in [5.41, 5.74) is 0.939. The van der Waals surface area contributed by atoms with Crippen molar-refractivity contribution in [3.63, 3.8) is 0 Å². The molecule has 1 saturated heterocycles. The molecular weight excluding hydrogens is 314 g/mol. The maximum absolute atomic E-state index is 12.4. The van der Waals surface area contributed by atoms with E-state index in [0.717, 1.165) is 51.6 Å². The molecule has 1 aromatic rings. The highest BCUT2D eigenvalue weighted by molar-refractivity contribution is 5.75. The van der Waals surface area contributed by atoms with Crippen LogP contribution in [-0.4, -0.2) is 46.8 Å². The number of nitrogens with zero attached hydrogens (tertiary/aromatic N) is 1. The van der Waals surface area contributed by atoms with E-state index < -0.39 is 5.54 Å². The van der Waals surface area contributed by atoms with Crippen LogP contribution >= 0.6 is 0 Å². The summed E-state index contributed by atoms with van der Waals surface area (Å²) in [5.74, 6) is 0. The van der Waals surface area contributed by atoms with Crippen molar-refractivity contribution in [3.8, 4) is 0 Å². The van der Waals surface area contributed by atoms with Crippen molar-refractivity contribution in [2.75, 3.05) is 13.2 Å². The van der Waals surface area contributed by atoms with Crippen LogP contribution in [0.5, 0.6) is 0 Å². The summed E-state index contributed by atoms with van der Waals surface area (Å²) in [6, 6.07) is 11.1. The molecule has 2 fully saturated rings. The van der Waals surface area contributed by atoms with Gasteiger partial charge in [-0.15, -0.1) is 0 Å². The molecule has 0 radical (unpaired) electrons. The molecule has 2 amide bonds. The van der Waals surface area contributed by atoms with Gasteiger partial charge in [0.25, 0.3) is 0 Å². The zero-order valence-corrected chi connectivity index (χ0v) is 15.2. The van der Waals surface area contributed by atoms with Gasteiger partial charge in [-0.3, -0.25) is 4.90 Å². The molecule has 0 bridgehead atoms. The van der Waals surface area contributed by atoms with Crippen LogP contribution in [0.1, 0.15) is 51.0 Å². The molecule has 3 rings (SSSR count). The number of piperidine rings is 1. The smallest absolute Gasteiger partial charge is 0.315 e. The van der Waals surface area contributed by atoms with E-state index in [4.69, 9.17) is 0 Å². The zero-order valence-electron chi connectivity index (χ0n) is 15.2. The number of urea groups is 1. The van der Waals surface area contributed by atoms with Crippen LogP contribution in [0, 0.1) is 0 Å². The van der Waals surface area contributed by atoms with Gasteiger partial charge < -0.3 is 15.7 Å². The van der Waals surface area contributed by atoms with Gasteiger partial charge in [0.05, 0.1) is 12.1 Å². The molecule has 1 aromatic carbocycles. The van der Waals surface area contributed by atoms with Gasteiger partial charge in [0.2, 0.25) is 0 Å². The fourth-order valence-corrected chi connectivity index (χ4v) is 4.24. The van der Waals surface area contributed by atoms with E-state index in [1.807, 2.05) is 6.07 Å². The van der Waals surface area contributed by atoms with Crippen LogP contribution in [0.15, 0.2) is 30.3 Å². The number of likely N-dealkylation sites (tertiary alicyclic amines) is 1. The Kier molecular flexibility index (Phi) is 5.97. The summed E-state index contributed by atoms with van der Waals surface area (Å²) in [6.07, 6.45) is 5.85. The summed E-state index contributed by atoms with van der Waals surface area (Å²) in [5, 5.41) is 15.8. The zero-order chi connectivity index (χ0) is 17.7. The van der Waals surface area contributed by atoms with Crippen molar-refractivity contribution in [1.29, 1.82) is 0 Å². The Bertz CT molecular complexity index is 557. The number of aliphatic hydroxyl groups is 1. The molecule has 3 N–H and O–H groups in total. The Labute approximate surface area is 150 Å². The minimum absolute atomic E-state index is 0.0341. The second-order valence-electron chi connectivity index (χ2n) is 7.77. The average molecular weight is 345 g/mol. The summed E-state index contributed by atoms with van der Waals surface area (Å²) >= 11 is 0. The Hall–Kier alpha value is -1.59. The summed E-state index contributed by atoms with van der Waals surface area (Å²) in [7, 11) is 0. The minimum Gasteiger partial charge on any atom is -0.394 e. The molecule has 5 heteroatoms. The fraction of sp³-hybridized carbons (Fsp3) is 0.650. The highest BCUT2D eigenvalue weighted by Gasteiger charge is 2.35. The summed E-state index contributed by atoms with van der Waals surface area (Å²) in [4.78, 5) is 14.8. The third kappa shape index (κ3) is 4.73. The molecule has 1 aliphatic heterocycles. The predicted octanol–water partition coefficient (Wildman–Crippen LogP) is 2.64. The molecule has 5 nitrogen and oxygen atoms in total. The lowest BCUT2D eigenvalue weighted by Crippen LogP contribution is -2.56. The van der Waals surface area contributed by atoms with Gasteiger partial charge in [0, 0.05) is 25.2 Å². The number of aliphatic hydroxyl groups excluding tert-OH is 1. The minimum atomic E-state index is -0.399. The van der Waals surface area contributed by atoms with Crippen molar-refractivity contribution in [1.82, 2.24) is 15.5 Å². The van der Waals surface area contributed by atoms with Crippen LogP contribution in [0.2, 0.25) is 0 Å². The lowest BCUT2D eigenvalue weighted by Gasteiger charge is -2.38. The lowest BCUT2D eigenvalue weighted by atomic mass is 9.97. The Morgan fingerprint density at radius 1 is 1.28 bits per heavy atom. The fourth-order valence-electron chi connectivity index (χ4n) is 4.24. The van der Waals surface area contributed by atoms with Crippen LogP contribution in [0.4, 0.5) is 4.79 Å². The normalized spacial score (nSPS) is 26.3. The van der Waals surface area contributed by atoms with Gasteiger partial charge in [0.1, 0.15) is 0 Å². The van der Waals surface area contributed by atoms with Crippen LogP contribution < -0.4 is 10.6 Å². The number of amides is 2. The van der Waals surface area contributed by atoms with Gasteiger partial charge in [0.15, 0.2) is 0 Å². The number of hydrogen-bond acceptors (Lipinski definition) is 3. The third-order valence-corrected chi connectivity index (χ3v) is 5.82. The molecule has 1 saturated carbocycles. The van der Waals surface area contributed by atoms with Crippen molar-refractivity contribution < 1.29 is 9.90 Å². The number of carbonyl (C=O) groups excluding carboxylic acids is 1. The quantitative estimate of drug-likeness (QED) is 0.769. The van der Waals surface area contributed by atoms with E-state index in [9.17, 15) is 9.90 Å². The van der Waals surface area contributed by atoms with Crippen LogP contribution in [0.3, 0.4) is 0 Å². The topological polar surface area (TPSA) is 64.6 Å². The summed E-state index contributed by atoms with van der Waals surface area (Å²) < 4.78 is 0.